The summed E-state index contributed by atoms with van der Waals surface area (Å²) >= 11 is 0. The molecule has 2 rings (SSSR count). The van der Waals surface area contributed by atoms with E-state index in [1.165, 1.54) is 0 Å². The fourth-order valence-electron chi connectivity index (χ4n) is 2.38. The normalized spacial score (nSPS) is 12.3. The zero-order valence-electron chi connectivity index (χ0n) is 12.3. The van der Waals surface area contributed by atoms with Crippen LogP contribution in [0.25, 0.3) is 0 Å². The number of carbonyl (C=O) groups is 1. The number of furan rings is 1. The molecule has 0 bridgehead atoms. The first-order valence-corrected chi connectivity index (χ1v) is 8.08. The molecule has 1 heterocycles. The number of rotatable bonds is 5. The van der Waals surface area contributed by atoms with E-state index in [1.807, 2.05) is 26.0 Å². The van der Waals surface area contributed by atoms with Crippen molar-refractivity contribution in [1.82, 2.24) is 0 Å². The molecule has 4 nitrogen and oxygen atoms in total. The highest BCUT2D eigenvalue weighted by Crippen LogP contribution is 2.18. The van der Waals surface area contributed by atoms with Gasteiger partial charge >= 0.3 is 5.97 Å². The van der Waals surface area contributed by atoms with Crippen LogP contribution in [0.5, 0.6) is 0 Å². The lowest BCUT2D eigenvalue weighted by atomic mass is 10.1. The fraction of sp³-hybridized carbons (Fsp3) is 0.312. The maximum Gasteiger partial charge on any atom is 0.372 e. The molecule has 0 saturated heterocycles. The molecule has 0 amide bonds. The van der Waals surface area contributed by atoms with Crippen molar-refractivity contribution in [3.05, 3.63) is 58.0 Å². The molecule has 1 unspecified atom stereocenters. The molecule has 112 valence electrons. The van der Waals surface area contributed by atoms with Crippen LogP contribution in [0, 0.1) is 20.8 Å². The molecule has 1 N–H and O–H groups in total. The Kier molecular flexibility index (Phi) is 4.63. The van der Waals surface area contributed by atoms with Crippen LogP contribution in [0.1, 0.15) is 38.6 Å². The molecule has 0 spiro atoms. The van der Waals surface area contributed by atoms with Crippen molar-refractivity contribution in [3.63, 3.8) is 0 Å². The fourth-order valence-corrected chi connectivity index (χ4v) is 3.48. The Labute approximate surface area is 126 Å². The molecule has 0 saturated carbocycles. The summed E-state index contributed by atoms with van der Waals surface area (Å²) in [5.41, 5.74) is 3.86. The highest BCUT2D eigenvalue weighted by molar-refractivity contribution is 7.83. The molecular formula is C16H18O4S. The largest absolute Gasteiger partial charge is 0.475 e. The van der Waals surface area contributed by atoms with Crippen molar-refractivity contribution < 1.29 is 18.5 Å². The Hall–Kier alpha value is -1.88. The number of carboxylic acid groups (broad SMARTS) is 1. The molecule has 21 heavy (non-hydrogen) atoms. The molecule has 0 aliphatic carbocycles. The lowest BCUT2D eigenvalue weighted by molar-refractivity contribution is 0.0659. The number of carboxylic acids is 1. The SMILES string of the molecule is Cc1cc(C)cc(CS(=O)Cc2cc(C)c(C(=O)O)o2)c1. The van der Waals surface area contributed by atoms with Gasteiger partial charge in [0.2, 0.25) is 5.76 Å². The van der Waals surface area contributed by atoms with Crippen molar-refractivity contribution in [3.8, 4) is 0 Å². The van der Waals surface area contributed by atoms with Gasteiger partial charge in [0.05, 0.1) is 5.75 Å². The van der Waals surface area contributed by atoms with Crippen molar-refractivity contribution in [2.24, 2.45) is 0 Å². The first kappa shape index (κ1) is 15.5. The second kappa shape index (κ2) is 6.26. The minimum absolute atomic E-state index is 0.0756. The molecule has 0 aliphatic rings. The third-order valence-electron chi connectivity index (χ3n) is 3.08. The van der Waals surface area contributed by atoms with Gasteiger partial charge in [-0.05, 0) is 32.4 Å². The van der Waals surface area contributed by atoms with E-state index in [9.17, 15) is 9.00 Å². The van der Waals surface area contributed by atoms with Gasteiger partial charge in [-0.1, -0.05) is 29.3 Å². The minimum Gasteiger partial charge on any atom is -0.475 e. The molecule has 1 atom stereocenters. The average Bonchev–Trinajstić information content (AvgIpc) is 2.68. The lowest BCUT2D eigenvalue weighted by Crippen LogP contribution is -2.00. The second-order valence-corrected chi connectivity index (χ2v) is 6.71. The topological polar surface area (TPSA) is 67.5 Å². The Balaban J connectivity index is 2.08. The van der Waals surface area contributed by atoms with Gasteiger partial charge in [-0.2, -0.15) is 0 Å². The minimum atomic E-state index is -1.13. The predicted molar refractivity (Wildman–Crippen MR) is 81.9 cm³/mol. The van der Waals surface area contributed by atoms with E-state index in [2.05, 4.69) is 6.07 Å². The molecule has 5 heteroatoms. The quantitative estimate of drug-likeness (QED) is 0.920. The zero-order chi connectivity index (χ0) is 15.6. The van der Waals surface area contributed by atoms with Crippen LogP contribution in [0.2, 0.25) is 0 Å². The van der Waals surface area contributed by atoms with Gasteiger partial charge in [0, 0.05) is 22.1 Å². The van der Waals surface area contributed by atoms with Crippen LogP contribution in [-0.2, 0) is 22.3 Å². The number of aryl methyl sites for hydroxylation is 3. The summed E-state index contributed by atoms with van der Waals surface area (Å²) in [6, 6.07) is 7.74. The van der Waals surface area contributed by atoms with Crippen LogP contribution >= 0.6 is 0 Å². The third kappa shape index (κ3) is 4.04. The second-order valence-electron chi connectivity index (χ2n) is 5.25. The molecule has 0 radical (unpaired) electrons. The first-order chi connectivity index (χ1) is 9.85. The van der Waals surface area contributed by atoms with Crippen molar-refractivity contribution >= 4 is 16.8 Å². The summed E-state index contributed by atoms with van der Waals surface area (Å²) in [5, 5.41) is 8.94. The van der Waals surface area contributed by atoms with Gasteiger partial charge in [0.15, 0.2) is 0 Å². The standard InChI is InChI=1S/C16H18O4S/c1-10-4-11(2)6-13(5-10)8-21(19)9-14-7-12(3)15(20-14)16(17)18/h4-7H,8-9H2,1-3H3,(H,17,18). The van der Waals surface area contributed by atoms with E-state index in [-0.39, 0.29) is 11.5 Å². The van der Waals surface area contributed by atoms with Crippen LogP contribution < -0.4 is 0 Å². The molecule has 1 aromatic carbocycles. The van der Waals surface area contributed by atoms with E-state index < -0.39 is 16.8 Å². The summed E-state index contributed by atoms with van der Waals surface area (Å²) in [6.07, 6.45) is 0. The van der Waals surface area contributed by atoms with Crippen LogP contribution in [0.15, 0.2) is 28.7 Å². The monoisotopic (exact) mass is 306 g/mol. The Morgan fingerprint density at radius 2 is 1.71 bits per heavy atom. The van der Waals surface area contributed by atoms with Gasteiger partial charge in [0.25, 0.3) is 0 Å². The maximum atomic E-state index is 12.2. The summed E-state index contributed by atoms with van der Waals surface area (Å²) in [7, 11) is -1.13. The zero-order valence-corrected chi connectivity index (χ0v) is 13.1. The highest BCUT2D eigenvalue weighted by atomic mass is 32.2. The van der Waals surface area contributed by atoms with E-state index in [4.69, 9.17) is 9.52 Å². The van der Waals surface area contributed by atoms with Gasteiger partial charge in [-0.3, -0.25) is 4.21 Å². The van der Waals surface area contributed by atoms with Crippen molar-refractivity contribution in [1.29, 1.82) is 0 Å². The molecule has 0 aliphatic heterocycles. The number of benzene rings is 1. The van der Waals surface area contributed by atoms with E-state index in [0.29, 0.717) is 17.1 Å². The van der Waals surface area contributed by atoms with Crippen LogP contribution in [0.3, 0.4) is 0 Å². The number of aromatic carboxylic acids is 1. The third-order valence-corrected chi connectivity index (χ3v) is 4.34. The Morgan fingerprint density at radius 1 is 1.10 bits per heavy atom. The highest BCUT2D eigenvalue weighted by Gasteiger charge is 2.16. The molecular weight excluding hydrogens is 288 g/mol. The average molecular weight is 306 g/mol. The van der Waals surface area contributed by atoms with E-state index >= 15 is 0 Å². The molecule has 2 aromatic rings. The Bertz CT molecular complexity index is 680. The van der Waals surface area contributed by atoms with Gasteiger partial charge in [-0.15, -0.1) is 0 Å². The van der Waals surface area contributed by atoms with E-state index in [0.717, 1.165) is 16.7 Å². The number of hydrogen-bond donors (Lipinski definition) is 1. The van der Waals surface area contributed by atoms with Gasteiger partial charge < -0.3 is 9.52 Å². The summed E-state index contributed by atoms with van der Waals surface area (Å²) in [4.78, 5) is 10.9. The van der Waals surface area contributed by atoms with Gasteiger partial charge in [-0.25, -0.2) is 4.79 Å². The molecule has 0 fully saturated rings. The number of hydrogen-bond acceptors (Lipinski definition) is 3. The van der Waals surface area contributed by atoms with Crippen LogP contribution in [-0.4, -0.2) is 15.3 Å². The van der Waals surface area contributed by atoms with Gasteiger partial charge in [0.1, 0.15) is 5.76 Å². The summed E-state index contributed by atoms with van der Waals surface area (Å²) in [6.45, 7) is 5.69. The molecule has 1 aromatic heterocycles. The Morgan fingerprint density at radius 3 is 2.24 bits per heavy atom. The van der Waals surface area contributed by atoms with Crippen LogP contribution in [0.4, 0.5) is 0 Å². The predicted octanol–water partition coefficient (Wildman–Crippen LogP) is 3.35. The maximum absolute atomic E-state index is 12.2. The lowest BCUT2D eigenvalue weighted by Gasteiger charge is -2.04. The van der Waals surface area contributed by atoms with Crippen molar-refractivity contribution in [2.45, 2.75) is 32.3 Å². The first-order valence-electron chi connectivity index (χ1n) is 6.60. The smallest absolute Gasteiger partial charge is 0.372 e. The summed E-state index contributed by atoms with van der Waals surface area (Å²) in [5.74, 6) is -0.0638. The van der Waals surface area contributed by atoms with Crippen molar-refractivity contribution in [2.75, 3.05) is 0 Å². The summed E-state index contributed by atoms with van der Waals surface area (Å²) < 4.78 is 17.4. The van der Waals surface area contributed by atoms with E-state index in [1.54, 1.807) is 13.0 Å².